The lowest BCUT2D eigenvalue weighted by molar-refractivity contribution is -0.118. The minimum Gasteiger partial charge on any atom is -0.386 e. The number of hydrogen-bond donors (Lipinski definition) is 2. The van der Waals surface area contributed by atoms with Crippen LogP contribution in [0.5, 0.6) is 0 Å². The van der Waals surface area contributed by atoms with E-state index in [9.17, 15) is 22.7 Å². The van der Waals surface area contributed by atoms with Crippen LogP contribution < -0.4 is 4.72 Å². The average Bonchev–Trinajstić information content (AvgIpc) is 2.61. The zero-order chi connectivity index (χ0) is 22.9. The SMILES string of the molecule is CC(C)c1cc(F)cc(C(C)C)c1CC(=O)NS(=O)(=O)c1ccc(C(C)(C)O)cc1. The van der Waals surface area contributed by atoms with Crippen molar-refractivity contribution < 1.29 is 22.7 Å². The van der Waals surface area contributed by atoms with Crippen LogP contribution in [-0.2, 0) is 26.8 Å². The summed E-state index contributed by atoms with van der Waals surface area (Å²) in [7, 11) is -4.07. The number of halogens is 1. The normalized spacial score (nSPS) is 12.5. The Kier molecular flexibility index (Phi) is 7.09. The Morgan fingerprint density at radius 3 is 1.90 bits per heavy atom. The number of nitrogens with one attached hydrogen (secondary N) is 1. The number of benzene rings is 2. The summed E-state index contributed by atoms with van der Waals surface area (Å²) in [5.74, 6) is -1.10. The molecule has 0 unspecified atom stereocenters. The molecule has 0 bridgehead atoms. The lowest BCUT2D eigenvalue weighted by atomic mass is 9.87. The van der Waals surface area contributed by atoms with Gasteiger partial charge in [0.05, 0.1) is 16.9 Å². The fourth-order valence-corrected chi connectivity index (χ4v) is 4.35. The smallest absolute Gasteiger partial charge is 0.264 e. The quantitative estimate of drug-likeness (QED) is 0.677. The largest absolute Gasteiger partial charge is 0.386 e. The first-order valence-corrected chi connectivity index (χ1v) is 11.4. The zero-order valence-corrected chi connectivity index (χ0v) is 19.1. The van der Waals surface area contributed by atoms with E-state index < -0.39 is 21.5 Å². The first-order valence-electron chi connectivity index (χ1n) is 9.93. The summed E-state index contributed by atoms with van der Waals surface area (Å²) in [5.41, 5.74) is 1.50. The van der Waals surface area contributed by atoms with Crippen LogP contribution in [0.25, 0.3) is 0 Å². The molecular weight excluding hydrogens is 405 g/mol. The molecule has 164 valence electrons. The molecule has 0 aliphatic heterocycles. The summed E-state index contributed by atoms with van der Waals surface area (Å²) in [6.45, 7) is 10.8. The van der Waals surface area contributed by atoms with Gasteiger partial charge < -0.3 is 5.11 Å². The topological polar surface area (TPSA) is 83.5 Å². The third-order valence-electron chi connectivity index (χ3n) is 4.98. The van der Waals surface area contributed by atoms with Crippen molar-refractivity contribution >= 4 is 15.9 Å². The maximum Gasteiger partial charge on any atom is 0.264 e. The number of carbonyl (C=O) groups excluding carboxylic acids is 1. The van der Waals surface area contributed by atoms with Crippen molar-refractivity contribution in [3.05, 3.63) is 64.5 Å². The Labute approximate surface area is 178 Å². The maximum atomic E-state index is 14.1. The molecule has 2 N–H and O–H groups in total. The Bertz CT molecular complexity index is 991. The van der Waals surface area contributed by atoms with E-state index in [1.165, 1.54) is 36.4 Å². The highest BCUT2D eigenvalue weighted by atomic mass is 32.2. The number of carbonyl (C=O) groups is 1. The molecule has 0 aliphatic rings. The third kappa shape index (κ3) is 5.67. The summed E-state index contributed by atoms with van der Waals surface area (Å²) in [5, 5.41) is 10.0. The van der Waals surface area contributed by atoms with Crippen molar-refractivity contribution in [1.82, 2.24) is 4.72 Å². The van der Waals surface area contributed by atoms with Crippen LogP contribution in [0, 0.1) is 5.82 Å². The lowest BCUT2D eigenvalue weighted by Crippen LogP contribution is -2.32. The number of aliphatic hydroxyl groups is 1. The molecule has 0 radical (unpaired) electrons. The summed E-state index contributed by atoms with van der Waals surface area (Å²) >= 11 is 0. The second-order valence-electron chi connectivity index (χ2n) is 8.66. The van der Waals surface area contributed by atoms with Gasteiger partial charge in [-0.15, -0.1) is 0 Å². The van der Waals surface area contributed by atoms with Gasteiger partial charge in [-0.2, -0.15) is 0 Å². The van der Waals surface area contributed by atoms with Crippen molar-refractivity contribution in [1.29, 1.82) is 0 Å². The van der Waals surface area contributed by atoms with Crippen LogP contribution in [0.2, 0.25) is 0 Å². The Balaban J connectivity index is 2.31. The van der Waals surface area contributed by atoms with Crippen molar-refractivity contribution in [3.8, 4) is 0 Å². The molecule has 0 fully saturated rings. The van der Waals surface area contributed by atoms with E-state index >= 15 is 0 Å². The molecule has 0 saturated heterocycles. The fourth-order valence-electron chi connectivity index (χ4n) is 3.36. The van der Waals surface area contributed by atoms with Gasteiger partial charge >= 0.3 is 0 Å². The predicted molar refractivity (Wildman–Crippen MR) is 115 cm³/mol. The minimum atomic E-state index is -4.07. The summed E-state index contributed by atoms with van der Waals surface area (Å²) < 4.78 is 41.4. The van der Waals surface area contributed by atoms with Crippen molar-refractivity contribution in [2.24, 2.45) is 0 Å². The molecule has 5 nitrogen and oxygen atoms in total. The van der Waals surface area contributed by atoms with Gasteiger partial charge in [0.15, 0.2) is 0 Å². The predicted octanol–water partition coefficient (Wildman–Crippen LogP) is 4.35. The highest BCUT2D eigenvalue weighted by Crippen LogP contribution is 2.30. The highest BCUT2D eigenvalue weighted by molar-refractivity contribution is 7.90. The van der Waals surface area contributed by atoms with Gasteiger partial charge in [-0.05, 0) is 72.2 Å². The van der Waals surface area contributed by atoms with Crippen molar-refractivity contribution in [2.45, 2.75) is 70.3 Å². The Hall–Kier alpha value is -2.25. The van der Waals surface area contributed by atoms with Gasteiger partial charge in [-0.3, -0.25) is 4.79 Å². The number of hydrogen-bond acceptors (Lipinski definition) is 4. The first kappa shape index (κ1) is 24.0. The van der Waals surface area contributed by atoms with Crippen molar-refractivity contribution in [3.63, 3.8) is 0 Å². The second-order valence-corrected chi connectivity index (χ2v) is 10.3. The molecule has 2 aromatic rings. The minimum absolute atomic E-state index is 0.0213. The van der Waals surface area contributed by atoms with Crippen LogP contribution >= 0.6 is 0 Å². The molecule has 0 saturated carbocycles. The van der Waals surface area contributed by atoms with Gasteiger partial charge in [-0.1, -0.05) is 39.8 Å². The van der Waals surface area contributed by atoms with E-state index in [1.54, 1.807) is 13.8 Å². The molecule has 30 heavy (non-hydrogen) atoms. The van der Waals surface area contributed by atoms with Crippen LogP contribution in [0.3, 0.4) is 0 Å². The van der Waals surface area contributed by atoms with E-state index in [1.807, 2.05) is 27.7 Å². The summed E-state index contributed by atoms with van der Waals surface area (Å²) in [6.07, 6.45) is -0.164. The first-order chi connectivity index (χ1) is 13.7. The molecule has 0 heterocycles. The molecule has 0 aliphatic carbocycles. The Morgan fingerprint density at radius 1 is 1.03 bits per heavy atom. The van der Waals surface area contributed by atoms with Gasteiger partial charge in [0.2, 0.25) is 5.91 Å². The van der Waals surface area contributed by atoms with Crippen molar-refractivity contribution in [2.75, 3.05) is 0 Å². The van der Waals surface area contributed by atoms with Gasteiger partial charge in [-0.25, -0.2) is 17.5 Å². The fraction of sp³-hybridized carbons (Fsp3) is 0.435. The molecule has 7 heteroatoms. The molecule has 2 rings (SSSR count). The second kappa shape index (κ2) is 8.86. The van der Waals surface area contributed by atoms with Gasteiger partial charge in [0.25, 0.3) is 10.0 Å². The standard InChI is InChI=1S/C23H30FNO4S/c1-14(2)19-11-17(24)12-20(15(3)4)21(19)13-22(26)25-30(28,29)18-9-7-16(8-10-18)23(5,6)27/h7-12,14-15,27H,13H2,1-6H3,(H,25,26). The maximum absolute atomic E-state index is 14.1. The van der Waals surface area contributed by atoms with Gasteiger partial charge in [0.1, 0.15) is 5.82 Å². The lowest BCUT2D eigenvalue weighted by Gasteiger charge is -2.20. The van der Waals surface area contributed by atoms with E-state index in [-0.39, 0.29) is 29.0 Å². The zero-order valence-electron chi connectivity index (χ0n) is 18.3. The number of rotatable bonds is 7. The van der Waals surface area contributed by atoms with Crippen LogP contribution in [0.4, 0.5) is 4.39 Å². The Morgan fingerprint density at radius 2 is 1.50 bits per heavy atom. The summed E-state index contributed by atoms with van der Waals surface area (Å²) in [6, 6.07) is 8.52. The number of sulfonamides is 1. The van der Waals surface area contributed by atoms with Crippen LogP contribution in [0.15, 0.2) is 41.3 Å². The van der Waals surface area contributed by atoms with E-state index in [0.717, 1.165) is 0 Å². The third-order valence-corrected chi connectivity index (χ3v) is 6.37. The highest BCUT2D eigenvalue weighted by Gasteiger charge is 2.23. The molecule has 0 atom stereocenters. The molecule has 0 aromatic heterocycles. The van der Waals surface area contributed by atoms with Gasteiger partial charge in [0, 0.05) is 0 Å². The van der Waals surface area contributed by atoms with E-state index in [4.69, 9.17) is 0 Å². The molecule has 0 spiro atoms. The average molecular weight is 436 g/mol. The van der Waals surface area contributed by atoms with E-state index in [2.05, 4.69) is 4.72 Å². The molecule has 1 amide bonds. The van der Waals surface area contributed by atoms with Crippen LogP contribution in [0.1, 0.15) is 75.6 Å². The molecule has 2 aromatic carbocycles. The van der Waals surface area contributed by atoms with E-state index in [0.29, 0.717) is 22.3 Å². The number of amides is 1. The van der Waals surface area contributed by atoms with Crippen LogP contribution in [-0.4, -0.2) is 19.4 Å². The summed E-state index contributed by atoms with van der Waals surface area (Å²) in [4.78, 5) is 12.6. The monoisotopic (exact) mass is 435 g/mol. The molecular formula is C23H30FNO4S.